The molecule has 246 valence electrons. The van der Waals surface area contributed by atoms with E-state index in [1.54, 1.807) is 54.4 Å². The number of aromatic nitrogens is 6. The molecule has 0 saturated heterocycles. The lowest BCUT2D eigenvalue weighted by molar-refractivity contribution is 0.0992. The van der Waals surface area contributed by atoms with Crippen LogP contribution in [0.1, 0.15) is 42.7 Å². The van der Waals surface area contributed by atoms with Gasteiger partial charge in [0.05, 0.1) is 41.5 Å². The number of furan rings is 1. The zero-order valence-electron chi connectivity index (χ0n) is 26.8. The predicted molar refractivity (Wildman–Crippen MR) is 181 cm³/mol. The van der Waals surface area contributed by atoms with Gasteiger partial charge in [0.15, 0.2) is 0 Å². The van der Waals surface area contributed by atoms with E-state index in [1.165, 1.54) is 13.2 Å². The molecule has 4 aromatic heterocycles. The Kier molecular flexibility index (Phi) is 8.18. The summed E-state index contributed by atoms with van der Waals surface area (Å²) in [6, 6.07) is 8.25. The molecule has 0 radical (unpaired) electrons. The second-order valence-corrected chi connectivity index (χ2v) is 11.1. The fourth-order valence-electron chi connectivity index (χ4n) is 5.82. The van der Waals surface area contributed by atoms with Crippen molar-refractivity contribution in [1.82, 2.24) is 28.9 Å². The van der Waals surface area contributed by atoms with Crippen molar-refractivity contribution in [3.05, 3.63) is 83.4 Å². The van der Waals surface area contributed by atoms with Crippen LogP contribution in [0.25, 0.3) is 33.0 Å². The predicted octanol–water partition coefficient (Wildman–Crippen LogP) is 3.89. The molecule has 0 fully saturated rings. The van der Waals surface area contributed by atoms with Gasteiger partial charge in [-0.25, -0.2) is 9.97 Å². The number of rotatable bonds is 12. The van der Waals surface area contributed by atoms with Crippen LogP contribution in [-0.2, 0) is 19.6 Å². The minimum absolute atomic E-state index is 0.212. The number of primary amides is 2. The summed E-state index contributed by atoms with van der Waals surface area (Å²) >= 11 is 0. The summed E-state index contributed by atoms with van der Waals surface area (Å²) in [6.45, 7) is 8.34. The number of methoxy groups -OCH3 is 1. The van der Waals surface area contributed by atoms with Crippen LogP contribution in [0.4, 0.5) is 11.9 Å². The van der Waals surface area contributed by atoms with E-state index in [2.05, 4.69) is 32.3 Å². The van der Waals surface area contributed by atoms with Crippen LogP contribution in [0.15, 0.2) is 59.6 Å². The third kappa shape index (κ3) is 5.50. The number of nitrogens with two attached hydrogens (primary N) is 2. The number of carbonyl (C=O) groups is 3. The van der Waals surface area contributed by atoms with Gasteiger partial charge in [-0.3, -0.25) is 24.4 Å². The highest BCUT2D eigenvalue weighted by Gasteiger charge is 2.22. The number of nitrogens with zero attached hydrogens (tertiary/aromatic N) is 6. The number of benzene rings is 2. The van der Waals surface area contributed by atoms with Gasteiger partial charge in [-0.05, 0) is 44.2 Å². The summed E-state index contributed by atoms with van der Waals surface area (Å²) in [7, 11) is 3.24. The Balaban J connectivity index is 1.39. The molecular weight excluding hydrogens is 616 g/mol. The molecule has 6 aromatic rings. The second-order valence-electron chi connectivity index (χ2n) is 11.1. The lowest BCUT2D eigenvalue weighted by Gasteiger charge is -2.11. The molecule has 0 bridgehead atoms. The van der Waals surface area contributed by atoms with Crippen molar-refractivity contribution in [3.63, 3.8) is 0 Å². The van der Waals surface area contributed by atoms with Crippen LogP contribution in [-0.4, -0.2) is 60.8 Å². The number of carbonyl (C=O) groups excluding carboxylic acids is 3. The fourth-order valence-corrected chi connectivity index (χ4v) is 5.82. The van der Waals surface area contributed by atoms with E-state index in [4.69, 9.17) is 20.6 Å². The van der Waals surface area contributed by atoms with Crippen LogP contribution < -0.4 is 26.8 Å². The summed E-state index contributed by atoms with van der Waals surface area (Å²) in [4.78, 5) is 47.1. The van der Waals surface area contributed by atoms with Crippen molar-refractivity contribution in [3.8, 4) is 5.75 Å². The number of hydrogen-bond donors (Lipinski definition) is 4. The molecule has 4 heterocycles. The molecular formula is C33H34N10O5. The van der Waals surface area contributed by atoms with E-state index in [0.717, 1.165) is 5.52 Å². The second kappa shape index (κ2) is 12.4. The van der Waals surface area contributed by atoms with E-state index in [9.17, 15) is 14.4 Å². The molecule has 0 spiro atoms. The van der Waals surface area contributed by atoms with E-state index in [-0.39, 0.29) is 23.6 Å². The number of imidazole rings is 2. The van der Waals surface area contributed by atoms with E-state index >= 15 is 0 Å². The van der Waals surface area contributed by atoms with Crippen molar-refractivity contribution in [2.75, 3.05) is 24.8 Å². The Bertz CT molecular complexity index is 2300. The molecule has 6 N–H and O–H groups in total. The zero-order valence-corrected chi connectivity index (χ0v) is 26.8. The maximum Gasteiger partial charge on any atom is 0.276 e. The highest BCUT2D eigenvalue weighted by Crippen LogP contribution is 2.34. The van der Waals surface area contributed by atoms with E-state index in [0.29, 0.717) is 69.5 Å². The van der Waals surface area contributed by atoms with Crippen LogP contribution in [0.3, 0.4) is 0 Å². The third-order valence-electron chi connectivity index (χ3n) is 7.84. The minimum atomic E-state index is -0.642. The molecule has 0 saturated carbocycles. The van der Waals surface area contributed by atoms with Crippen LogP contribution in [0, 0.1) is 13.8 Å². The van der Waals surface area contributed by atoms with Gasteiger partial charge in [0, 0.05) is 31.1 Å². The van der Waals surface area contributed by atoms with E-state index in [1.807, 2.05) is 22.8 Å². The summed E-state index contributed by atoms with van der Waals surface area (Å²) < 4.78 is 16.8. The summed E-state index contributed by atoms with van der Waals surface area (Å²) in [5.74, 6) is 0.114. The van der Waals surface area contributed by atoms with Crippen molar-refractivity contribution >= 4 is 62.7 Å². The van der Waals surface area contributed by atoms with Crippen LogP contribution >= 0.6 is 0 Å². The quantitative estimate of drug-likeness (QED) is 0.142. The molecule has 6 rings (SSSR count). The van der Waals surface area contributed by atoms with Crippen molar-refractivity contribution in [2.45, 2.75) is 33.5 Å². The van der Waals surface area contributed by atoms with Gasteiger partial charge >= 0.3 is 0 Å². The number of amides is 3. The number of aryl methyl sites for hydroxylation is 2. The largest absolute Gasteiger partial charge is 0.494 e. The maximum atomic E-state index is 13.5. The summed E-state index contributed by atoms with van der Waals surface area (Å²) in [5, 5.41) is 11.1. The number of fused-ring (bicyclic) bond motifs is 4. The minimum Gasteiger partial charge on any atom is -0.494 e. The first kappa shape index (κ1) is 31.6. The molecule has 3 amide bonds. The lowest BCUT2D eigenvalue weighted by Crippen LogP contribution is -2.20. The van der Waals surface area contributed by atoms with Gasteiger partial charge < -0.3 is 35.1 Å². The fraction of sp³-hybridized carbons (Fsp3) is 0.212. The average Bonchev–Trinajstić information content (AvgIpc) is 3.80. The molecule has 48 heavy (non-hydrogen) atoms. The number of anilines is 2. The lowest BCUT2D eigenvalue weighted by atomic mass is 10.1. The monoisotopic (exact) mass is 650 g/mol. The molecule has 15 nitrogen and oxygen atoms in total. The summed E-state index contributed by atoms with van der Waals surface area (Å²) in [5.41, 5.74) is 15.4. The Morgan fingerprint density at radius 1 is 0.938 bits per heavy atom. The Morgan fingerprint density at radius 2 is 1.62 bits per heavy atom. The van der Waals surface area contributed by atoms with Crippen molar-refractivity contribution in [1.29, 1.82) is 0 Å². The smallest absolute Gasteiger partial charge is 0.276 e. The number of ether oxygens (including phenoxy) is 1. The van der Waals surface area contributed by atoms with E-state index < -0.39 is 17.7 Å². The first-order chi connectivity index (χ1) is 23.0. The SMILES string of the molecule is C=CCn1nc(C)cc1C(=O)Nc1nc2cc(C(N)=O)cc(OC)c2n1C/C=C/Cn1c(NC)nc2cc(C(N)=O)c3oc(C)cc3c21. The maximum absolute atomic E-state index is 13.5. The first-order valence-electron chi connectivity index (χ1n) is 14.9. The highest BCUT2D eigenvalue weighted by molar-refractivity contribution is 6.14. The van der Waals surface area contributed by atoms with Gasteiger partial charge in [0.1, 0.15) is 28.3 Å². The van der Waals surface area contributed by atoms with Crippen LogP contribution in [0.5, 0.6) is 5.75 Å². The number of nitrogens with one attached hydrogen (secondary N) is 2. The van der Waals surface area contributed by atoms with Gasteiger partial charge in [-0.2, -0.15) is 5.10 Å². The van der Waals surface area contributed by atoms with Gasteiger partial charge in [0.25, 0.3) is 11.8 Å². The zero-order chi connectivity index (χ0) is 34.3. The normalized spacial score (nSPS) is 11.6. The topological polar surface area (TPSA) is 203 Å². The average molecular weight is 651 g/mol. The van der Waals surface area contributed by atoms with Crippen LogP contribution in [0.2, 0.25) is 0 Å². The first-order valence-corrected chi connectivity index (χ1v) is 14.9. The van der Waals surface area contributed by atoms with Gasteiger partial charge in [0.2, 0.25) is 17.8 Å². The molecule has 0 aliphatic heterocycles. The number of allylic oxidation sites excluding steroid dienone is 3. The molecule has 0 unspecified atom stereocenters. The molecule has 0 atom stereocenters. The third-order valence-corrected chi connectivity index (χ3v) is 7.84. The number of hydrogen-bond acceptors (Lipinski definition) is 9. The molecule has 0 aliphatic carbocycles. The molecule has 0 aliphatic rings. The van der Waals surface area contributed by atoms with Gasteiger partial charge in [-0.15, -0.1) is 6.58 Å². The standard InChI is InChI=1S/C33H34N10O5/c1-6-9-43-24(12-17(2)40-43)31(46)39-33-38-22-14-19(29(34)44)15-25(47-5)27(22)42(33)11-8-7-10-41-26-20-13-18(3)48-28(20)21(30(35)45)16-23(26)37-32(41)36-4/h6-8,12-16H,1,9-11H2,2-5H3,(H2,34,44)(H2,35,45)(H,36,37)(H,38,39,46)/b8-7+. The van der Waals surface area contributed by atoms with Crippen molar-refractivity contribution < 1.29 is 23.5 Å². The molecule has 15 heteroatoms. The highest BCUT2D eigenvalue weighted by atomic mass is 16.5. The Hall–Kier alpha value is -6.38. The Labute approximate surface area is 273 Å². The Morgan fingerprint density at radius 3 is 2.27 bits per heavy atom. The molecule has 2 aromatic carbocycles. The van der Waals surface area contributed by atoms with Gasteiger partial charge in [-0.1, -0.05) is 18.2 Å². The van der Waals surface area contributed by atoms with Crippen molar-refractivity contribution in [2.24, 2.45) is 11.5 Å². The summed E-state index contributed by atoms with van der Waals surface area (Å²) in [6.07, 6.45) is 5.50.